The summed E-state index contributed by atoms with van der Waals surface area (Å²) in [6, 6.07) is 12.7. The summed E-state index contributed by atoms with van der Waals surface area (Å²) in [5.41, 5.74) is 5.89. The summed E-state index contributed by atoms with van der Waals surface area (Å²) in [7, 11) is 1.60. The van der Waals surface area contributed by atoms with Gasteiger partial charge in [0.1, 0.15) is 11.5 Å². The van der Waals surface area contributed by atoms with Crippen LogP contribution in [0.25, 0.3) is 33.4 Å². The molecule has 152 valence electrons. The molecule has 0 saturated carbocycles. The van der Waals surface area contributed by atoms with Crippen molar-refractivity contribution in [1.82, 2.24) is 20.5 Å². The molecule has 0 fully saturated rings. The van der Waals surface area contributed by atoms with Crippen molar-refractivity contribution in [2.24, 2.45) is 0 Å². The Hall–Kier alpha value is -3.54. The Bertz CT molecular complexity index is 1200. The van der Waals surface area contributed by atoms with Crippen LogP contribution in [-0.2, 0) is 6.42 Å². The van der Waals surface area contributed by atoms with E-state index in [-0.39, 0.29) is 11.7 Å². The third-order valence-corrected chi connectivity index (χ3v) is 5.24. The lowest BCUT2D eigenvalue weighted by molar-refractivity contribution is 0.0963. The number of fused-ring (bicyclic) bond motifs is 1. The number of hydrogen-bond acceptors (Lipinski definition) is 3. The minimum absolute atomic E-state index is 0.141. The van der Waals surface area contributed by atoms with E-state index in [2.05, 4.69) is 27.4 Å². The maximum absolute atomic E-state index is 14.9. The third-order valence-electron chi connectivity index (χ3n) is 5.24. The van der Waals surface area contributed by atoms with Crippen molar-refractivity contribution >= 4 is 16.8 Å². The zero-order valence-electron chi connectivity index (χ0n) is 17.2. The van der Waals surface area contributed by atoms with Crippen LogP contribution in [0.2, 0.25) is 0 Å². The Morgan fingerprint density at radius 2 is 1.93 bits per heavy atom. The second-order valence-electron chi connectivity index (χ2n) is 7.36. The molecular weight excluding hydrogens is 379 g/mol. The zero-order valence-corrected chi connectivity index (χ0v) is 17.2. The van der Waals surface area contributed by atoms with Crippen molar-refractivity contribution in [1.29, 1.82) is 0 Å². The Labute approximate surface area is 174 Å². The van der Waals surface area contributed by atoms with Crippen LogP contribution in [0.4, 0.5) is 4.39 Å². The molecule has 1 amide bonds. The van der Waals surface area contributed by atoms with Crippen LogP contribution in [-0.4, -0.2) is 28.1 Å². The summed E-state index contributed by atoms with van der Waals surface area (Å²) in [4.78, 5) is 16.2. The summed E-state index contributed by atoms with van der Waals surface area (Å²) in [6.07, 6.45) is 3.50. The van der Waals surface area contributed by atoms with Gasteiger partial charge in [0.15, 0.2) is 0 Å². The SMILES string of the molecule is CCCc1cc(C)c(-c2cc3c(-c4ccc(C(=O)NC)cc4)n[nH]c3cn2)c(F)c1. The van der Waals surface area contributed by atoms with E-state index in [0.29, 0.717) is 16.8 Å². The molecule has 0 aliphatic rings. The normalized spacial score (nSPS) is 11.1. The highest BCUT2D eigenvalue weighted by Crippen LogP contribution is 2.32. The van der Waals surface area contributed by atoms with Crippen LogP contribution < -0.4 is 5.32 Å². The fourth-order valence-electron chi connectivity index (χ4n) is 3.77. The van der Waals surface area contributed by atoms with Gasteiger partial charge in [0.25, 0.3) is 5.91 Å². The number of aromatic amines is 1. The molecule has 6 heteroatoms. The van der Waals surface area contributed by atoms with Gasteiger partial charge in [-0.2, -0.15) is 5.10 Å². The number of H-pyrrole nitrogens is 1. The quantitative estimate of drug-likeness (QED) is 0.491. The Morgan fingerprint density at radius 3 is 2.60 bits per heavy atom. The van der Waals surface area contributed by atoms with Crippen molar-refractivity contribution < 1.29 is 9.18 Å². The molecule has 0 bridgehead atoms. The molecule has 0 aliphatic heterocycles. The van der Waals surface area contributed by atoms with Crippen LogP contribution in [0.3, 0.4) is 0 Å². The maximum atomic E-state index is 14.9. The number of halogens is 1. The summed E-state index contributed by atoms with van der Waals surface area (Å²) in [5, 5.41) is 10.9. The first kappa shape index (κ1) is 19.8. The molecule has 4 aromatic rings. The van der Waals surface area contributed by atoms with Crippen molar-refractivity contribution in [2.45, 2.75) is 26.7 Å². The number of aryl methyl sites for hydroxylation is 2. The number of carbonyl (C=O) groups is 1. The van der Waals surface area contributed by atoms with Gasteiger partial charge in [-0.1, -0.05) is 31.5 Å². The first-order valence-electron chi connectivity index (χ1n) is 9.97. The molecule has 4 rings (SSSR count). The smallest absolute Gasteiger partial charge is 0.251 e. The van der Waals surface area contributed by atoms with Gasteiger partial charge in [0.2, 0.25) is 0 Å². The van der Waals surface area contributed by atoms with Gasteiger partial charge in [-0.15, -0.1) is 0 Å². The second-order valence-corrected chi connectivity index (χ2v) is 7.36. The Balaban J connectivity index is 1.78. The highest BCUT2D eigenvalue weighted by molar-refractivity contribution is 5.97. The van der Waals surface area contributed by atoms with Gasteiger partial charge >= 0.3 is 0 Å². The summed E-state index contributed by atoms with van der Waals surface area (Å²) in [5.74, 6) is -0.400. The van der Waals surface area contributed by atoms with Gasteiger partial charge in [-0.05, 0) is 48.7 Å². The zero-order chi connectivity index (χ0) is 21.3. The third kappa shape index (κ3) is 3.56. The van der Waals surface area contributed by atoms with Crippen LogP contribution in [0.5, 0.6) is 0 Å². The van der Waals surface area contributed by atoms with Crippen LogP contribution in [0.1, 0.15) is 34.8 Å². The standard InChI is InChI=1S/C24H23FN4O/c1-4-5-15-10-14(2)22(19(25)11-15)20-12-18-21(13-27-20)28-29-23(18)16-6-8-17(9-7-16)24(30)26-3/h6-13H,4-5H2,1-3H3,(H,26,30)(H,28,29). The summed E-state index contributed by atoms with van der Waals surface area (Å²) in [6.45, 7) is 4.00. The first-order chi connectivity index (χ1) is 14.5. The lowest BCUT2D eigenvalue weighted by Gasteiger charge is -2.10. The Kier molecular flexibility index (Phi) is 5.31. The molecule has 2 aromatic heterocycles. The number of amides is 1. The highest BCUT2D eigenvalue weighted by atomic mass is 19.1. The fraction of sp³-hybridized carbons (Fsp3) is 0.208. The number of hydrogen-bond donors (Lipinski definition) is 2. The lowest BCUT2D eigenvalue weighted by atomic mass is 9.98. The van der Waals surface area contributed by atoms with E-state index in [1.54, 1.807) is 31.4 Å². The van der Waals surface area contributed by atoms with Gasteiger partial charge < -0.3 is 5.32 Å². The topological polar surface area (TPSA) is 70.7 Å². The largest absolute Gasteiger partial charge is 0.355 e. The lowest BCUT2D eigenvalue weighted by Crippen LogP contribution is -2.17. The second kappa shape index (κ2) is 8.06. The van der Waals surface area contributed by atoms with E-state index >= 15 is 0 Å². The minimum Gasteiger partial charge on any atom is -0.355 e. The van der Waals surface area contributed by atoms with E-state index < -0.39 is 0 Å². The number of aromatic nitrogens is 3. The number of carbonyl (C=O) groups excluding carboxylic acids is 1. The number of nitrogens with one attached hydrogen (secondary N) is 2. The molecule has 0 saturated heterocycles. The molecule has 0 aliphatic carbocycles. The van der Waals surface area contributed by atoms with Crippen LogP contribution in [0, 0.1) is 12.7 Å². The predicted molar refractivity (Wildman–Crippen MR) is 117 cm³/mol. The number of rotatable bonds is 5. The van der Waals surface area contributed by atoms with E-state index in [0.717, 1.165) is 46.1 Å². The van der Waals surface area contributed by atoms with Crippen LogP contribution >= 0.6 is 0 Å². The molecule has 5 nitrogen and oxygen atoms in total. The average Bonchev–Trinajstić information content (AvgIpc) is 3.16. The molecule has 0 radical (unpaired) electrons. The first-order valence-corrected chi connectivity index (χ1v) is 9.97. The predicted octanol–water partition coefficient (Wildman–Crippen LogP) is 5.05. The molecule has 2 heterocycles. The molecular formula is C24H23FN4O. The monoisotopic (exact) mass is 402 g/mol. The molecule has 0 unspecified atom stereocenters. The van der Waals surface area contributed by atoms with Gasteiger partial charge in [0, 0.05) is 29.1 Å². The van der Waals surface area contributed by atoms with Gasteiger partial charge in [0.05, 0.1) is 17.4 Å². The average molecular weight is 402 g/mol. The van der Waals surface area contributed by atoms with E-state index in [1.165, 1.54) is 0 Å². The van der Waals surface area contributed by atoms with E-state index in [4.69, 9.17) is 0 Å². The molecule has 0 atom stereocenters. The van der Waals surface area contributed by atoms with Crippen LogP contribution in [0.15, 0.2) is 48.7 Å². The van der Waals surface area contributed by atoms with Gasteiger partial charge in [-0.3, -0.25) is 14.9 Å². The summed E-state index contributed by atoms with van der Waals surface area (Å²) < 4.78 is 14.9. The van der Waals surface area contributed by atoms with Crippen molar-refractivity contribution in [2.75, 3.05) is 7.05 Å². The van der Waals surface area contributed by atoms with Crippen molar-refractivity contribution in [3.63, 3.8) is 0 Å². The molecule has 0 spiro atoms. The van der Waals surface area contributed by atoms with Crippen molar-refractivity contribution in [3.8, 4) is 22.5 Å². The van der Waals surface area contributed by atoms with Crippen molar-refractivity contribution in [3.05, 3.63) is 71.2 Å². The fourth-order valence-corrected chi connectivity index (χ4v) is 3.77. The molecule has 2 N–H and O–H groups in total. The van der Waals surface area contributed by atoms with Gasteiger partial charge in [-0.25, -0.2) is 4.39 Å². The number of nitrogens with zero attached hydrogens (tertiary/aromatic N) is 2. The summed E-state index contributed by atoms with van der Waals surface area (Å²) >= 11 is 0. The molecule has 30 heavy (non-hydrogen) atoms. The number of benzene rings is 2. The van der Waals surface area contributed by atoms with E-state index in [9.17, 15) is 9.18 Å². The minimum atomic E-state index is -0.259. The maximum Gasteiger partial charge on any atom is 0.251 e. The highest BCUT2D eigenvalue weighted by Gasteiger charge is 2.15. The number of pyridine rings is 1. The Morgan fingerprint density at radius 1 is 1.17 bits per heavy atom. The molecule has 2 aromatic carbocycles. The van der Waals surface area contributed by atoms with E-state index in [1.807, 2.05) is 31.2 Å².